The summed E-state index contributed by atoms with van der Waals surface area (Å²) in [4.78, 5) is 29.2. The first-order chi connectivity index (χ1) is 15.5. The Bertz CT molecular complexity index is 1160. The number of benzene rings is 1. The lowest BCUT2D eigenvalue weighted by Gasteiger charge is -2.30. The molecule has 32 heavy (non-hydrogen) atoms. The Hall–Kier alpha value is -3.55. The molecule has 0 bridgehead atoms. The second-order valence-corrected chi connectivity index (χ2v) is 8.64. The predicted molar refractivity (Wildman–Crippen MR) is 120 cm³/mol. The smallest absolute Gasteiger partial charge is 0.254 e. The number of nitrogens with zero attached hydrogens (tertiary/aromatic N) is 3. The zero-order valence-electron chi connectivity index (χ0n) is 17.9. The van der Waals surface area contributed by atoms with Gasteiger partial charge < -0.3 is 20.4 Å². The van der Waals surface area contributed by atoms with E-state index >= 15 is 0 Å². The molecule has 0 spiro atoms. The molecule has 0 atom stereocenters. The van der Waals surface area contributed by atoms with Crippen LogP contribution < -0.4 is 10.5 Å². The van der Waals surface area contributed by atoms with Crippen LogP contribution in [0.3, 0.4) is 0 Å². The van der Waals surface area contributed by atoms with Crippen LogP contribution in [0.5, 0.6) is 5.75 Å². The summed E-state index contributed by atoms with van der Waals surface area (Å²) in [5.41, 5.74) is 9.08. The van der Waals surface area contributed by atoms with Crippen LogP contribution in [-0.4, -0.2) is 51.0 Å². The largest absolute Gasteiger partial charge is 0.493 e. The molecule has 166 valence electrons. The molecule has 2 aromatic heterocycles. The number of imidazole rings is 1. The first kappa shape index (κ1) is 20.4. The first-order valence-electron chi connectivity index (χ1n) is 11.1. The number of hydrogen-bond donors (Lipinski definition) is 2. The minimum atomic E-state index is -0.524. The fraction of sp³-hybridized carbons (Fsp3) is 0.375. The number of carbonyl (C=O) groups is 2. The number of aromatic amines is 1. The SMILES string of the molecule is C=CC(=O)N1CCC(c2c[nH]c3c(C(N)=O)c(-c4ccc(OCC5CC5)cc4)nn23)CC1. The van der Waals surface area contributed by atoms with Crippen LogP contribution in [0.1, 0.15) is 47.7 Å². The number of hydrogen-bond acceptors (Lipinski definition) is 4. The van der Waals surface area contributed by atoms with Crippen molar-refractivity contribution in [1.82, 2.24) is 19.5 Å². The van der Waals surface area contributed by atoms with Crippen molar-refractivity contribution in [2.24, 2.45) is 11.7 Å². The summed E-state index contributed by atoms with van der Waals surface area (Å²) in [6.07, 6.45) is 7.37. The van der Waals surface area contributed by atoms with Crippen molar-refractivity contribution >= 4 is 17.5 Å². The fourth-order valence-corrected chi connectivity index (χ4v) is 4.40. The quantitative estimate of drug-likeness (QED) is 0.559. The van der Waals surface area contributed by atoms with Gasteiger partial charge in [0.15, 0.2) is 0 Å². The summed E-state index contributed by atoms with van der Waals surface area (Å²) in [5, 5.41) is 4.77. The number of likely N-dealkylation sites (tertiary alicyclic amines) is 1. The lowest BCUT2D eigenvalue weighted by atomic mass is 9.94. The van der Waals surface area contributed by atoms with Gasteiger partial charge in [-0.3, -0.25) is 9.59 Å². The molecule has 3 aromatic rings. The van der Waals surface area contributed by atoms with Gasteiger partial charge in [-0.2, -0.15) is 5.10 Å². The predicted octanol–water partition coefficient (Wildman–Crippen LogP) is 3.11. The lowest BCUT2D eigenvalue weighted by Crippen LogP contribution is -2.37. The molecule has 2 aliphatic rings. The first-order valence-corrected chi connectivity index (χ1v) is 11.1. The third-order valence-electron chi connectivity index (χ3n) is 6.44. The van der Waals surface area contributed by atoms with Crippen LogP contribution in [0.15, 0.2) is 43.1 Å². The van der Waals surface area contributed by atoms with E-state index in [1.807, 2.05) is 35.4 Å². The van der Waals surface area contributed by atoms with Crippen molar-refractivity contribution in [2.75, 3.05) is 19.7 Å². The number of nitrogens with one attached hydrogen (secondary N) is 1. The second-order valence-electron chi connectivity index (χ2n) is 8.64. The van der Waals surface area contributed by atoms with Gasteiger partial charge in [0.25, 0.3) is 5.91 Å². The Morgan fingerprint density at radius 3 is 2.53 bits per heavy atom. The van der Waals surface area contributed by atoms with Gasteiger partial charge in [0, 0.05) is 30.8 Å². The lowest BCUT2D eigenvalue weighted by molar-refractivity contribution is -0.127. The van der Waals surface area contributed by atoms with Gasteiger partial charge in [0.1, 0.15) is 22.7 Å². The number of amides is 2. The van der Waals surface area contributed by atoms with E-state index in [0.29, 0.717) is 35.9 Å². The van der Waals surface area contributed by atoms with Crippen LogP contribution in [-0.2, 0) is 4.79 Å². The molecule has 1 saturated carbocycles. The van der Waals surface area contributed by atoms with E-state index in [0.717, 1.165) is 36.5 Å². The van der Waals surface area contributed by atoms with Gasteiger partial charge >= 0.3 is 0 Å². The fourth-order valence-electron chi connectivity index (χ4n) is 4.40. The number of ether oxygens (including phenoxy) is 1. The Morgan fingerprint density at radius 1 is 1.19 bits per heavy atom. The molecule has 3 N–H and O–H groups in total. The van der Waals surface area contributed by atoms with Gasteiger partial charge in [0.2, 0.25) is 5.91 Å². The monoisotopic (exact) mass is 433 g/mol. The molecule has 2 fully saturated rings. The number of H-pyrrole nitrogens is 1. The molecule has 8 nitrogen and oxygen atoms in total. The van der Waals surface area contributed by atoms with Crippen LogP contribution in [0.2, 0.25) is 0 Å². The van der Waals surface area contributed by atoms with E-state index in [1.165, 1.54) is 18.9 Å². The number of rotatable bonds is 7. The Morgan fingerprint density at radius 2 is 1.91 bits per heavy atom. The molecule has 0 unspecified atom stereocenters. The maximum atomic E-state index is 12.3. The van der Waals surface area contributed by atoms with E-state index in [2.05, 4.69) is 11.6 Å². The topological polar surface area (TPSA) is 106 Å². The van der Waals surface area contributed by atoms with E-state index in [9.17, 15) is 9.59 Å². The van der Waals surface area contributed by atoms with E-state index in [-0.39, 0.29) is 11.8 Å². The minimum absolute atomic E-state index is 0.0374. The van der Waals surface area contributed by atoms with Crippen molar-refractivity contribution in [3.8, 4) is 17.0 Å². The minimum Gasteiger partial charge on any atom is -0.493 e. The highest BCUT2D eigenvalue weighted by Gasteiger charge is 2.28. The maximum Gasteiger partial charge on any atom is 0.254 e. The van der Waals surface area contributed by atoms with Crippen molar-refractivity contribution in [1.29, 1.82) is 0 Å². The normalized spacial score (nSPS) is 16.9. The number of nitrogens with two attached hydrogens (primary N) is 1. The average Bonchev–Trinajstić information content (AvgIpc) is 3.44. The van der Waals surface area contributed by atoms with Gasteiger partial charge in [0.05, 0.1) is 12.3 Å². The standard InChI is InChI=1S/C24H27N5O3/c1-2-20(30)28-11-9-16(10-12-28)19-13-26-24-21(23(25)31)22(27-29(19)24)17-5-7-18(8-6-17)32-14-15-3-4-15/h2,5-8,13,15-16,26H,1,3-4,9-12,14H2,(H2,25,31). The molecule has 1 saturated heterocycles. The van der Waals surface area contributed by atoms with Gasteiger partial charge in [-0.1, -0.05) is 6.58 Å². The summed E-state index contributed by atoms with van der Waals surface area (Å²) < 4.78 is 7.61. The van der Waals surface area contributed by atoms with Gasteiger partial charge in [-0.05, 0) is 61.9 Å². The van der Waals surface area contributed by atoms with Crippen molar-refractivity contribution in [3.63, 3.8) is 0 Å². The summed E-state index contributed by atoms with van der Waals surface area (Å²) in [6, 6.07) is 7.64. The van der Waals surface area contributed by atoms with Crippen LogP contribution >= 0.6 is 0 Å². The molecular formula is C24H27N5O3. The third-order valence-corrected chi connectivity index (χ3v) is 6.44. The maximum absolute atomic E-state index is 12.3. The number of fused-ring (bicyclic) bond motifs is 1. The van der Waals surface area contributed by atoms with Crippen LogP contribution in [0.25, 0.3) is 16.9 Å². The Balaban J connectivity index is 1.42. The molecule has 3 heterocycles. The summed E-state index contributed by atoms with van der Waals surface area (Å²) in [5.74, 6) is 1.16. The highest BCUT2D eigenvalue weighted by molar-refractivity contribution is 6.04. The summed E-state index contributed by atoms with van der Waals surface area (Å²) in [7, 11) is 0. The Kier molecular flexibility index (Phi) is 5.20. The zero-order valence-corrected chi connectivity index (χ0v) is 17.9. The van der Waals surface area contributed by atoms with Crippen LogP contribution in [0.4, 0.5) is 0 Å². The average molecular weight is 434 g/mol. The van der Waals surface area contributed by atoms with E-state index in [4.69, 9.17) is 15.6 Å². The van der Waals surface area contributed by atoms with E-state index in [1.54, 1.807) is 4.52 Å². The van der Waals surface area contributed by atoms with Crippen molar-refractivity contribution in [3.05, 3.63) is 54.4 Å². The van der Waals surface area contributed by atoms with Crippen LogP contribution in [0, 0.1) is 5.92 Å². The summed E-state index contributed by atoms with van der Waals surface area (Å²) in [6.45, 7) is 5.65. The number of piperidine rings is 1. The molecule has 1 aliphatic carbocycles. The number of carbonyl (C=O) groups excluding carboxylic acids is 2. The van der Waals surface area contributed by atoms with Gasteiger partial charge in [-0.15, -0.1) is 0 Å². The molecule has 5 rings (SSSR count). The number of primary amides is 1. The van der Waals surface area contributed by atoms with Crippen molar-refractivity contribution < 1.29 is 14.3 Å². The highest BCUT2D eigenvalue weighted by atomic mass is 16.5. The highest BCUT2D eigenvalue weighted by Crippen LogP contribution is 2.33. The van der Waals surface area contributed by atoms with Gasteiger partial charge in [-0.25, -0.2) is 4.52 Å². The molecule has 0 radical (unpaired) electrons. The molecule has 8 heteroatoms. The molecule has 1 aromatic carbocycles. The molecular weight excluding hydrogens is 406 g/mol. The molecule has 2 amide bonds. The third kappa shape index (κ3) is 3.77. The van der Waals surface area contributed by atoms with Crippen molar-refractivity contribution in [2.45, 2.75) is 31.6 Å². The Labute approximate surface area is 186 Å². The zero-order chi connectivity index (χ0) is 22.2. The number of aromatic nitrogens is 3. The summed E-state index contributed by atoms with van der Waals surface area (Å²) >= 11 is 0. The molecule has 1 aliphatic heterocycles. The van der Waals surface area contributed by atoms with E-state index < -0.39 is 5.91 Å². The second kappa shape index (κ2) is 8.18.